The number of nitriles is 1. The Bertz CT molecular complexity index is 448. The Balaban J connectivity index is 2.42. The van der Waals surface area contributed by atoms with Crippen molar-refractivity contribution in [1.82, 2.24) is 10.2 Å². The fourth-order valence-electron chi connectivity index (χ4n) is 1.93. The maximum Gasteiger partial charge on any atom is 0.169 e. The second-order valence-electron chi connectivity index (χ2n) is 4.22. The summed E-state index contributed by atoms with van der Waals surface area (Å²) in [6, 6.07) is 2.39. The van der Waals surface area contributed by atoms with Crippen LogP contribution in [0.4, 0.5) is 5.82 Å². The molecule has 2 rings (SSSR count). The van der Waals surface area contributed by atoms with Crippen LogP contribution >= 0.6 is 0 Å². The molecule has 1 aromatic heterocycles. The number of anilines is 1. The number of nitrogens with zero attached hydrogens (tertiary/aromatic N) is 4. The highest BCUT2D eigenvalue weighted by atomic mass is 15.3. The molecule has 5 heteroatoms. The lowest BCUT2D eigenvalue weighted by atomic mass is 10.1. The predicted octanol–water partition coefficient (Wildman–Crippen LogP) is 0.503. The van der Waals surface area contributed by atoms with E-state index in [0.29, 0.717) is 11.4 Å². The molecule has 0 spiro atoms. The average molecular weight is 217 g/mol. The van der Waals surface area contributed by atoms with Gasteiger partial charge in [-0.1, -0.05) is 0 Å². The molecule has 16 heavy (non-hydrogen) atoms. The minimum Gasteiger partial charge on any atom is -0.352 e. The SMILES string of the molecule is Cc1nnc(N2CCC(N)C2)c(C#N)c1C. The first-order valence-corrected chi connectivity index (χ1v) is 5.38. The van der Waals surface area contributed by atoms with Crippen molar-refractivity contribution in [3.8, 4) is 6.07 Å². The number of hydrogen-bond donors (Lipinski definition) is 1. The Morgan fingerprint density at radius 1 is 1.44 bits per heavy atom. The fraction of sp³-hybridized carbons (Fsp3) is 0.545. The lowest BCUT2D eigenvalue weighted by Gasteiger charge is -2.18. The zero-order valence-corrected chi connectivity index (χ0v) is 9.56. The van der Waals surface area contributed by atoms with Gasteiger partial charge in [0.15, 0.2) is 5.82 Å². The first kappa shape index (κ1) is 10.8. The molecule has 0 aliphatic carbocycles. The number of aryl methyl sites for hydroxylation is 1. The Kier molecular flexibility index (Phi) is 2.75. The van der Waals surface area contributed by atoms with Crippen molar-refractivity contribution in [2.45, 2.75) is 26.3 Å². The molecule has 1 unspecified atom stereocenters. The molecule has 1 fully saturated rings. The van der Waals surface area contributed by atoms with E-state index in [1.165, 1.54) is 0 Å². The molecule has 0 bridgehead atoms. The van der Waals surface area contributed by atoms with E-state index in [-0.39, 0.29) is 6.04 Å². The third-order valence-corrected chi connectivity index (χ3v) is 3.07. The molecular weight excluding hydrogens is 202 g/mol. The molecule has 0 saturated carbocycles. The maximum absolute atomic E-state index is 9.17. The van der Waals surface area contributed by atoms with E-state index in [4.69, 9.17) is 5.73 Å². The summed E-state index contributed by atoms with van der Waals surface area (Å²) in [6.07, 6.45) is 0.944. The number of rotatable bonds is 1. The Morgan fingerprint density at radius 2 is 2.19 bits per heavy atom. The average Bonchev–Trinajstić information content (AvgIpc) is 2.68. The summed E-state index contributed by atoms with van der Waals surface area (Å²) in [4.78, 5) is 2.04. The molecule has 1 saturated heterocycles. The molecule has 1 aliphatic rings. The molecule has 2 heterocycles. The number of nitrogens with two attached hydrogens (primary N) is 1. The highest BCUT2D eigenvalue weighted by Gasteiger charge is 2.24. The van der Waals surface area contributed by atoms with Crippen molar-refractivity contribution in [2.24, 2.45) is 5.73 Å². The van der Waals surface area contributed by atoms with Gasteiger partial charge in [-0.2, -0.15) is 10.4 Å². The minimum absolute atomic E-state index is 0.176. The van der Waals surface area contributed by atoms with Crippen LogP contribution in [0.5, 0.6) is 0 Å². The van der Waals surface area contributed by atoms with Crippen molar-refractivity contribution < 1.29 is 0 Å². The van der Waals surface area contributed by atoms with E-state index < -0.39 is 0 Å². The smallest absolute Gasteiger partial charge is 0.169 e. The Morgan fingerprint density at radius 3 is 2.75 bits per heavy atom. The van der Waals surface area contributed by atoms with Crippen LogP contribution in [0.25, 0.3) is 0 Å². The van der Waals surface area contributed by atoms with Gasteiger partial charge in [0.05, 0.1) is 5.69 Å². The quantitative estimate of drug-likeness (QED) is 0.741. The van der Waals surface area contributed by atoms with E-state index in [0.717, 1.165) is 30.8 Å². The van der Waals surface area contributed by atoms with Gasteiger partial charge in [-0.3, -0.25) is 0 Å². The lowest BCUT2D eigenvalue weighted by molar-refractivity contribution is 0.750. The van der Waals surface area contributed by atoms with E-state index in [1.807, 2.05) is 18.7 Å². The third-order valence-electron chi connectivity index (χ3n) is 3.07. The fourth-order valence-corrected chi connectivity index (χ4v) is 1.93. The molecule has 0 aromatic carbocycles. The van der Waals surface area contributed by atoms with Gasteiger partial charge in [-0.15, -0.1) is 5.10 Å². The summed E-state index contributed by atoms with van der Waals surface area (Å²) in [6.45, 7) is 5.38. The largest absolute Gasteiger partial charge is 0.352 e. The Hall–Kier alpha value is -1.67. The maximum atomic E-state index is 9.17. The van der Waals surface area contributed by atoms with Crippen LogP contribution < -0.4 is 10.6 Å². The summed E-state index contributed by atoms with van der Waals surface area (Å²) < 4.78 is 0. The first-order chi connectivity index (χ1) is 7.63. The summed E-state index contributed by atoms with van der Waals surface area (Å²) in [5, 5.41) is 17.4. The number of hydrogen-bond acceptors (Lipinski definition) is 5. The molecule has 1 aliphatic heterocycles. The first-order valence-electron chi connectivity index (χ1n) is 5.38. The van der Waals surface area contributed by atoms with Gasteiger partial charge in [0.25, 0.3) is 0 Å². The molecular formula is C11H15N5. The van der Waals surface area contributed by atoms with Crippen LogP contribution in [-0.2, 0) is 0 Å². The van der Waals surface area contributed by atoms with Gasteiger partial charge < -0.3 is 10.6 Å². The summed E-state index contributed by atoms with van der Waals surface area (Å²) in [5.41, 5.74) is 8.19. The summed E-state index contributed by atoms with van der Waals surface area (Å²) in [5.74, 6) is 0.679. The van der Waals surface area contributed by atoms with E-state index in [9.17, 15) is 5.26 Å². The van der Waals surface area contributed by atoms with Gasteiger partial charge in [0.2, 0.25) is 0 Å². The van der Waals surface area contributed by atoms with Crippen molar-refractivity contribution in [3.63, 3.8) is 0 Å². The van der Waals surface area contributed by atoms with E-state index >= 15 is 0 Å². The monoisotopic (exact) mass is 217 g/mol. The second kappa shape index (κ2) is 4.06. The minimum atomic E-state index is 0.176. The van der Waals surface area contributed by atoms with Crippen LogP contribution in [0.15, 0.2) is 0 Å². The Labute approximate surface area is 94.9 Å². The van der Waals surface area contributed by atoms with Crippen LogP contribution in [0.2, 0.25) is 0 Å². The normalized spacial score (nSPS) is 19.9. The molecule has 1 atom stereocenters. The zero-order chi connectivity index (χ0) is 11.7. The van der Waals surface area contributed by atoms with Crippen LogP contribution in [0.3, 0.4) is 0 Å². The molecule has 1 aromatic rings. The van der Waals surface area contributed by atoms with E-state index in [1.54, 1.807) is 0 Å². The molecule has 84 valence electrons. The van der Waals surface area contributed by atoms with Crippen molar-refractivity contribution >= 4 is 5.82 Å². The topological polar surface area (TPSA) is 78.8 Å². The van der Waals surface area contributed by atoms with Crippen LogP contribution in [-0.4, -0.2) is 29.3 Å². The van der Waals surface area contributed by atoms with Gasteiger partial charge in [-0.25, -0.2) is 0 Å². The van der Waals surface area contributed by atoms with Gasteiger partial charge in [-0.05, 0) is 25.8 Å². The zero-order valence-electron chi connectivity index (χ0n) is 9.56. The molecule has 2 N–H and O–H groups in total. The highest BCUT2D eigenvalue weighted by Crippen LogP contribution is 2.24. The van der Waals surface area contributed by atoms with Gasteiger partial charge >= 0.3 is 0 Å². The van der Waals surface area contributed by atoms with Gasteiger partial charge in [0, 0.05) is 19.1 Å². The van der Waals surface area contributed by atoms with Crippen molar-refractivity contribution in [3.05, 3.63) is 16.8 Å². The standard InChI is InChI=1S/C11H15N5/c1-7-8(2)14-15-11(10(7)5-12)16-4-3-9(13)6-16/h9H,3-4,6,13H2,1-2H3. The third kappa shape index (κ3) is 1.72. The van der Waals surface area contributed by atoms with Crippen molar-refractivity contribution in [2.75, 3.05) is 18.0 Å². The lowest BCUT2D eigenvalue weighted by Crippen LogP contribution is -2.28. The van der Waals surface area contributed by atoms with Gasteiger partial charge in [0.1, 0.15) is 11.6 Å². The summed E-state index contributed by atoms with van der Waals surface area (Å²) in [7, 11) is 0. The van der Waals surface area contributed by atoms with Crippen LogP contribution in [0.1, 0.15) is 23.2 Å². The predicted molar refractivity (Wildman–Crippen MR) is 61.0 cm³/mol. The van der Waals surface area contributed by atoms with Crippen molar-refractivity contribution in [1.29, 1.82) is 5.26 Å². The molecule has 0 amide bonds. The van der Waals surface area contributed by atoms with E-state index in [2.05, 4.69) is 16.3 Å². The highest BCUT2D eigenvalue weighted by molar-refractivity contribution is 5.58. The molecule has 0 radical (unpaired) electrons. The summed E-state index contributed by atoms with van der Waals surface area (Å²) >= 11 is 0. The number of aromatic nitrogens is 2. The second-order valence-corrected chi connectivity index (χ2v) is 4.22. The van der Waals surface area contributed by atoms with Crippen LogP contribution in [0, 0.1) is 25.2 Å². The molecule has 5 nitrogen and oxygen atoms in total.